The number of amides is 1. The fourth-order valence-corrected chi connectivity index (χ4v) is 2.97. The third-order valence-corrected chi connectivity index (χ3v) is 4.17. The first kappa shape index (κ1) is 13.0. The summed E-state index contributed by atoms with van der Waals surface area (Å²) in [6.07, 6.45) is 0.681. The average molecular weight is 268 g/mol. The Balaban J connectivity index is 1.81. The van der Waals surface area contributed by atoms with Crippen LogP contribution in [0.3, 0.4) is 0 Å². The lowest BCUT2D eigenvalue weighted by molar-refractivity contribution is -0.140. The van der Waals surface area contributed by atoms with Gasteiger partial charge in [0.25, 0.3) is 0 Å². The number of hydrogen-bond acceptors (Lipinski definition) is 4. The topological polar surface area (TPSA) is 79.3 Å². The minimum absolute atomic E-state index is 0.164. The van der Waals surface area contributed by atoms with Gasteiger partial charge in [0.15, 0.2) is 0 Å². The number of rotatable bonds is 5. The second-order valence-electron chi connectivity index (χ2n) is 5.14. The molecule has 1 aliphatic rings. The van der Waals surface area contributed by atoms with Crippen molar-refractivity contribution in [3.05, 3.63) is 16.6 Å². The van der Waals surface area contributed by atoms with Gasteiger partial charge in [0.05, 0.1) is 23.0 Å². The summed E-state index contributed by atoms with van der Waals surface area (Å²) in [5, 5.41) is 13.7. The number of carboxylic acid groups (broad SMARTS) is 1. The Morgan fingerprint density at radius 3 is 2.72 bits per heavy atom. The molecule has 0 aliphatic heterocycles. The zero-order valence-electron chi connectivity index (χ0n) is 10.3. The van der Waals surface area contributed by atoms with Gasteiger partial charge in [0, 0.05) is 18.3 Å². The molecule has 0 radical (unpaired) electrons. The molecule has 0 bridgehead atoms. The Labute approximate surface area is 109 Å². The highest BCUT2D eigenvalue weighted by atomic mass is 32.1. The predicted molar refractivity (Wildman–Crippen MR) is 67.2 cm³/mol. The van der Waals surface area contributed by atoms with Gasteiger partial charge < -0.3 is 10.4 Å². The zero-order chi connectivity index (χ0) is 13.3. The van der Waals surface area contributed by atoms with E-state index in [1.807, 2.05) is 19.2 Å². The number of hydrogen-bond donors (Lipinski definition) is 2. The number of nitrogens with one attached hydrogen (secondary N) is 1. The molecule has 2 N–H and O–H groups in total. The summed E-state index contributed by atoms with van der Waals surface area (Å²) >= 11 is 1.52. The van der Waals surface area contributed by atoms with Gasteiger partial charge in [-0.3, -0.25) is 9.59 Å². The molecule has 2 atom stereocenters. The molecule has 0 unspecified atom stereocenters. The minimum Gasteiger partial charge on any atom is -0.481 e. The second-order valence-corrected chi connectivity index (χ2v) is 5.85. The van der Waals surface area contributed by atoms with Crippen molar-refractivity contribution in [2.75, 3.05) is 6.54 Å². The van der Waals surface area contributed by atoms with E-state index >= 15 is 0 Å². The molecule has 98 valence electrons. The van der Waals surface area contributed by atoms with Crippen LogP contribution in [0.1, 0.15) is 19.5 Å². The van der Waals surface area contributed by atoms with Crippen molar-refractivity contribution < 1.29 is 14.7 Å². The smallest absolute Gasteiger partial charge is 0.307 e. The maximum absolute atomic E-state index is 11.9. The number of carbonyl (C=O) groups excluding carboxylic acids is 1. The van der Waals surface area contributed by atoms with Gasteiger partial charge in [-0.15, -0.1) is 11.3 Å². The van der Waals surface area contributed by atoms with Crippen molar-refractivity contribution in [1.82, 2.24) is 10.3 Å². The summed E-state index contributed by atoms with van der Waals surface area (Å²) in [5.74, 6) is -2.02. The van der Waals surface area contributed by atoms with Crippen LogP contribution in [-0.4, -0.2) is 28.5 Å². The van der Waals surface area contributed by atoms with E-state index in [1.165, 1.54) is 11.3 Å². The van der Waals surface area contributed by atoms with E-state index in [0.29, 0.717) is 13.0 Å². The molecule has 1 aliphatic carbocycles. The Kier molecular flexibility index (Phi) is 3.38. The molecule has 0 spiro atoms. The molecule has 18 heavy (non-hydrogen) atoms. The Morgan fingerprint density at radius 2 is 2.22 bits per heavy atom. The molecule has 2 rings (SSSR count). The Bertz CT molecular complexity index is 456. The average Bonchev–Trinajstić information content (AvgIpc) is 2.65. The van der Waals surface area contributed by atoms with Crippen molar-refractivity contribution >= 4 is 23.2 Å². The highest BCUT2D eigenvalue weighted by Gasteiger charge is 2.65. The first-order valence-electron chi connectivity index (χ1n) is 5.82. The van der Waals surface area contributed by atoms with Gasteiger partial charge in [0.1, 0.15) is 0 Å². The van der Waals surface area contributed by atoms with Crippen LogP contribution in [0.5, 0.6) is 0 Å². The SMILES string of the molecule is CC1(C)[C@H](C(=O)O)[C@@H]1C(=O)NCCc1cscn1. The van der Waals surface area contributed by atoms with Crippen LogP contribution in [0.2, 0.25) is 0 Å². The molecule has 0 saturated heterocycles. The molecule has 1 heterocycles. The quantitative estimate of drug-likeness (QED) is 0.840. The van der Waals surface area contributed by atoms with Crippen molar-refractivity contribution in [1.29, 1.82) is 0 Å². The number of carboxylic acids is 1. The van der Waals surface area contributed by atoms with Gasteiger partial charge in [-0.1, -0.05) is 13.8 Å². The first-order valence-corrected chi connectivity index (χ1v) is 6.76. The largest absolute Gasteiger partial charge is 0.481 e. The van der Waals surface area contributed by atoms with Crippen LogP contribution in [0.4, 0.5) is 0 Å². The van der Waals surface area contributed by atoms with Gasteiger partial charge in [-0.2, -0.15) is 0 Å². The molecule has 1 aromatic heterocycles. The monoisotopic (exact) mass is 268 g/mol. The zero-order valence-corrected chi connectivity index (χ0v) is 11.2. The predicted octanol–water partition coefficient (Wildman–Crippen LogP) is 1.16. The van der Waals surface area contributed by atoms with E-state index in [0.717, 1.165) is 5.69 Å². The lowest BCUT2D eigenvalue weighted by Gasteiger charge is -2.04. The molecule has 6 heteroatoms. The van der Waals surface area contributed by atoms with E-state index in [1.54, 1.807) is 5.51 Å². The summed E-state index contributed by atoms with van der Waals surface area (Å²) in [7, 11) is 0. The van der Waals surface area contributed by atoms with Crippen LogP contribution in [0.25, 0.3) is 0 Å². The van der Waals surface area contributed by atoms with Crippen molar-refractivity contribution in [3.8, 4) is 0 Å². The summed E-state index contributed by atoms with van der Waals surface area (Å²) in [5.41, 5.74) is 2.27. The summed E-state index contributed by atoms with van der Waals surface area (Å²) in [4.78, 5) is 27.0. The van der Waals surface area contributed by atoms with Crippen molar-refractivity contribution in [2.45, 2.75) is 20.3 Å². The summed E-state index contributed by atoms with van der Waals surface area (Å²) in [6.45, 7) is 4.13. The lowest BCUT2D eigenvalue weighted by Crippen LogP contribution is -2.29. The third-order valence-electron chi connectivity index (χ3n) is 3.54. The minimum atomic E-state index is -0.889. The van der Waals surface area contributed by atoms with Crippen LogP contribution in [-0.2, 0) is 16.0 Å². The van der Waals surface area contributed by atoms with Gasteiger partial charge in [-0.05, 0) is 5.41 Å². The van der Waals surface area contributed by atoms with Crippen LogP contribution >= 0.6 is 11.3 Å². The molecular formula is C12H16N2O3S. The lowest BCUT2D eigenvalue weighted by atomic mass is 10.1. The van der Waals surface area contributed by atoms with E-state index in [9.17, 15) is 9.59 Å². The first-order chi connectivity index (χ1) is 8.44. The number of thiazole rings is 1. The fraction of sp³-hybridized carbons (Fsp3) is 0.583. The summed E-state index contributed by atoms with van der Waals surface area (Å²) < 4.78 is 0. The molecule has 1 amide bonds. The summed E-state index contributed by atoms with van der Waals surface area (Å²) in [6, 6.07) is 0. The molecule has 1 fully saturated rings. The standard InChI is InChI=1S/C12H16N2O3S/c1-12(2)8(9(12)11(16)17)10(15)13-4-3-7-5-18-6-14-7/h5-6,8-9H,3-4H2,1-2H3,(H,13,15)(H,16,17)/t8-,9+/m1/s1. The second kappa shape index (κ2) is 4.68. The van der Waals surface area contributed by atoms with Crippen LogP contribution in [0, 0.1) is 17.3 Å². The van der Waals surface area contributed by atoms with Gasteiger partial charge in [-0.25, -0.2) is 4.98 Å². The molecule has 1 saturated carbocycles. The number of aromatic nitrogens is 1. The van der Waals surface area contributed by atoms with E-state index in [2.05, 4.69) is 10.3 Å². The fourth-order valence-electron chi connectivity index (χ4n) is 2.37. The van der Waals surface area contributed by atoms with Gasteiger partial charge in [0.2, 0.25) is 5.91 Å². The van der Waals surface area contributed by atoms with Gasteiger partial charge >= 0.3 is 5.97 Å². The molecule has 1 aromatic rings. The highest BCUT2D eigenvalue weighted by Crippen LogP contribution is 2.58. The number of nitrogens with zero attached hydrogens (tertiary/aromatic N) is 1. The Morgan fingerprint density at radius 1 is 1.50 bits per heavy atom. The normalized spacial score (nSPS) is 24.6. The maximum atomic E-state index is 11.9. The maximum Gasteiger partial charge on any atom is 0.307 e. The number of carbonyl (C=O) groups is 2. The molecule has 5 nitrogen and oxygen atoms in total. The van der Waals surface area contributed by atoms with E-state index in [4.69, 9.17) is 5.11 Å². The number of aliphatic carboxylic acids is 1. The third kappa shape index (κ3) is 2.38. The highest BCUT2D eigenvalue weighted by molar-refractivity contribution is 7.07. The van der Waals surface area contributed by atoms with Crippen LogP contribution < -0.4 is 5.32 Å². The van der Waals surface area contributed by atoms with Crippen molar-refractivity contribution in [3.63, 3.8) is 0 Å². The Hall–Kier alpha value is -1.43. The van der Waals surface area contributed by atoms with E-state index in [-0.39, 0.29) is 5.91 Å². The molecule has 0 aromatic carbocycles. The van der Waals surface area contributed by atoms with Crippen LogP contribution in [0.15, 0.2) is 10.9 Å². The van der Waals surface area contributed by atoms with Crippen molar-refractivity contribution in [2.24, 2.45) is 17.3 Å². The van der Waals surface area contributed by atoms with E-state index < -0.39 is 23.2 Å². The molecular weight excluding hydrogens is 252 g/mol.